The molecule has 1 aromatic heterocycles. The molecule has 0 aliphatic carbocycles. The minimum atomic E-state index is -0.583. The highest BCUT2D eigenvalue weighted by atomic mass is 79.9. The molecule has 0 unspecified atom stereocenters. The van der Waals surface area contributed by atoms with Gasteiger partial charge in [0.1, 0.15) is 17.3 Å². The van der Waals surface area contributed by atoms with Crippen LogP contribution in [-0.4, -0.2) is 22.8 Å². The summed E-state index contributed by atoms with van der Waals surface area (Å²) in [6.07, 6.45) is 1.63. The summed E-state index contributed by atoms with van der Waals surface area (Å²) >= 11 is 3.24. The summed E-state index contributed by atoms with van der Waals surface area (Å²) in [4.78, 5) is 16.4. The van der Waals surface area contributed by atoms with Gasteiger partial charge in [-0.3, -0.25) is 4.79 Å². The second kappa shape index (κ2) is 5.75. The molecule has 0 fully saturated rings. The van der Waals surface area contributed by atoms with E-state index in [1.807, 2.05) is 0 Å². The Hall–Kier alpha value is -1.69. The predicted molar refractivity (Wildman–Crippen MR) is 75.4 cm³/mol. The lowest BCUT2D eigenvalue weighted by Crippen LogP contribution is -2.30. The van der Waals surface area contributed by atoms with Gasteiger partial charge in [-0.2, -0.15) is 0 Å². The van der Waals surface area contributed by atoms with Crippen LogP contribution in [0.15, 0.2) is 34.9 Å². The van der Waals surface area contributed by atoms with Crippen molar-refractivity contribution in [3.63, 3.8) is 0 Å². The zero-order valence-corrected chi connectivity index (χ0v) is 12.5. The summed E-state index contributed by atoms with van der Waals surface area (Å²) in [5.74, 6) is -1.37. The zero-order valence-electron chi connectivity index (χ0n) is 11.0. The molecule has 1 atom stereocenters. The Morgan fingerprint density at radius 2 is 2.05 bits per heavy atom. The SMILES string of the molecule is C[C@H](c1cc(F)ccc1F)N(C)C(=O)c1cc(Br)c[nH]1. The number of halogens is 3. The highest BCUT2D eigenvalue weighted by molar-refractivity contribution is 9.10. The van der Waals surface area contributed by atoms with Gasteiger partial charge in [0.05, 0.1) is 6.04 Å². The third-order valence-electron chi connectivity index (χ3n) is 3.19. The lowest BCUT2D eigenvalue weighted by molar-refractivity contribution is 0.0735. The Bertz CT molecular complexity index is 642. The van der Waals surface area contributed by atoms with Crippen molar-refractivity contribution in [3.05, 3.63) is 57.8 Å². The van der Waals surface area contributed by atoms with Crippen LogP contribution in [0.5, 0.6) is 0 Å². The molecule has 0 radical (unpaired) electrons. The summed E-state index contributed by atoms with van der Waals surface area (Å²) in [5.41, 5.74) is 0.523. The summed E-state index contributed by atoms with van der Waals surface area (Å²) in [6.45, 7) is 1.65. The molecule has 0 aliphatic rings. The highest BCUT2D eigenvalue weighted by Gasteiger charge is 2.22. The van der Waals surface area contributed by atoms with Crippen LogP contribution in [0.3, 0.4) is 0 Å². The Balaban J connectivity index is 2.26. The number of aromatic nitrogens is 1. The summed E-state index contributed by atoms with van der Waals surface area (Å²) in [5, 5.41) is 0. The van der Waals surface area contributed by atoms with Crippen molar-refractivity contribution in [1.82, 2.24) is 9.88 Å². The summed E-state index contributed by atoms with van der Waals surface area (Å²) in [7, 11) is 1.55. The van der Waals surface area contributed by atoms with Crippen molar-refractivity contribution in [2.24, 2.45) is 0 Å². The van der Waals surface area contributed by atoms with Crippen LogP contribution in [0.2, 0.25) is 0 Å². The number of hydrogen-bond acceptors (Lipinski definition) is 1. The first-order chi connectivity index (χ1) is 9.40. The van der Waals surface area contributed by atoms with Crippen molar-refractivity contribution in [2.75, 3.05) is 7.05 Å². The van der Waals surface area contributed by atoms with Crippen molar-refractivity contribution in [1.29, 1.82) is 0 Å². The molecule has 0 bridgehead atoms. The number of amides is 1. The Morgan fingerprint density at radius 1 is 1.35 bits per heavy atom. The van der Waals surface area contributed by atoms with E-state index in [1.165, 1.54) is 4.90 Å². The monoisotopic (exact) mass is 342 g/mol. The van der Waals surface area contributed by atoms with E-state index >= 15 is 0 Å². The minimum absolute atomic E-state index is 0.145. The topological polar surface area (TPSA) is 36.1 Å². The first-order valence-electron chi connectivity index (χ1n) is 5.96. The Morgan fingerprint density at radius 3 is 2.65 bits per heavy atom. The smallest absolute Gasteiger partial charge is 0.270 e. The molecule has 106 valence electrons. The van der Waals surface area contributed by atoms with Gasteiger partial charge in [-0.15, -0.1) is 0 Å². The van der Waals surface area contributed by atoms with Gasteiger partial charge in [0.15, 0.2) is 0 Å². The van der Waals surface area contributed by atoms with Crippen LogP contribution in [0.4, 0.5) is 8.78 Å². The number of aromatic amines is 1. The van der Waals surface area contributed by atoms with Crippen LogP contribution >= 0.6 is 15.9 Å². The highest BCUT2D eigenvalue weighted by Crippen LogP contribution is 2.24. The van der Waals surface area contributed by atoms with Gasteiger partial charge in [-0.05, 0) is 47.1 Å². The fourth-order valence-electron chi connectivity index (χ4n) is 1.90. The second-order valence-corrected chi connectivity index (χ2v) is 5.41. The van der Waals surface area contributed by atoms with Crippen LogP contribution in [0.1, 0.15) is 29.0 Å². The number of hydrogen-bond donors (Lipinski definition) is 1. The van der Waals surface area contributed by atoms with Gasteiger partial charge in [0, 0.05) is 23.3 Å². The fraction of sp³-hybridized carbons (Fsp3) is 0.214. The van der Waals surface area contributed by atoms with E-state index in [9.17, 15) is 13.6 Å². The quantitative estimate of drug-likeness (QED) is 0.902. The summed E-state index contributed by atoms with van der Waals surface area (Å²) in [6, 6.07) is 4.27. The maximum Gasteiger partial charge on any atom is 0.270 e. The molecule has 1 N–H and O–H groups in total. The van der Waals surface area contributed by atoms with Crippen molar-refractivity contribution < 1.29 is 13.6 Å². The Labute approximate surface area is 123 Å². The normalized spacial score (nSPS) is 12.2. The maximum atomic E-state index is 13.7. The number of H-pyrrole nitrogens is 1. The molecule has 20 heavy (non-hydrogen) atoms. The maximum absolute atomic E-state index is 13.7. The van der Waals surface area contributed by atoms with Gasteiger partial charge in [0.25, 0.3) is 5.91 Å². The number of benzene rings is 1. The standard InChI is InChI=1S/C14H13BrF2N2O/c1-8(11-6-10(16)3-4-12(11)17)19(2)14(20)13-5-9(15)7-18-13/h3-8,18H,1-2H3/t8-/m1/s1. The number of nitrogens with one attached hydrogen (secondary N) is 1. The molecule has 2 rings (SSSR count). The van der Waals surface area contributed by atoms with E-state index in [0.717, 1.165) is 22.7 Å². The van der Waals surface area contributed by atoms with E-state index in [0.29, 0.717) is 5.69 Å². The fourth-order valence-corrected chi connectivity index (χ4v) is 2.24. The first-order valence-corrected chi connectivity index (χ1v) is 6.75. The molecule has 1 heterocycles. The largest absolute Gasteiger partial charge is 0.356 e. The number of rotatable bonds is 3. The van der Waals surface area contributed by atoms with Crippen molar-refractivity contribution in [2.45, 2.75) is 13.0 Å². The van der Waals surface area contributed by atoms with Gasteiger partial charge >= 0.3 is 0 Å². The third kappa shape index (κ3) is 2.90. The molecule has 6 heteroatoms. The Kier molecular flexibility index (Phi) is 4.23. The molecular formula is C14H13BrF2N2O. The number of carbonyl (C=O) groups is 1. The van der Waals surface area contributed by atoms with Gasteiger partial charge in [-0.1, -0.05) is 0 Å². The van der Waals surface area contributed by atoms with E-state index in [1.54, 1.807) is 26.2 Å². The van der Waals surface area contributed by atoms with E-state index in [4.69, 9.17) is 0 Å². The molecule has 0 aliphatic heterocycles. The molecule has 0 saturated carbocycles. The third-order valence-corrected chi connectivity index (χ3v) is 3.65. The van der Waals surface area contributed by atoms with E-state index in [2.05, 4.69) is 20.9 Å². The average Bonchev–Trinajstić information content (AvgIpc) is 2.85. The molecule has 1 aromatic carbocycles. The minimum Gasteiger partial charge on any atom is -0.356 e. The van der Waals surface area contributed by atoms with Gasteiger partial charge < -0.3 is 9.88 Å². The van der Waals surface area contributed by atoms with Crippen LogP contribution < -0.4 is 0 Å². The van der Waals surface area contributed by atoms with Crippen LogP contribution in [-0.2, 0) is 0 Å². The lowest BCUT2D eigenvalue weighted by atomic mass is 10.1. The average molecular weight is 343 g/mol. The predicted octanol–water partition coefficient (Wildman–Crippen LogP) is 3.89. The van der Waals surface area contributed by atoms with Crippen molar-refractivity contribution in [3.8, 4) is 0 Å². The lowest BCUT2D eigenvalue weighted by Gasteiger charge is -2.25. The van der Waals surface area contributed by atoms with Gasteiger partial charge in [0.2, 0.25) is 0 Å². The molecule has 1 amide bonds. The molecular weight excluding hydrogens is 330 g/mol. The molecule has 0 spiro atoms. The van der Waals surface area contributed by atoms with E-state index < -0.39 is 17.7 Å². The molecule has 0 saturated heterocycles. The van der Waals surface area contributed by atoms with Crippen molar-refractivity contribution >= 4 is 21.8 Å². The first kappa shape index (κ1) is 14.7. The van der Waals surface area contributed by atoms with Gasteiger partial charge in [-0.25, -0.2) is 8.78 Å². The van der Waals surface area contributed by atoms with Crippen LogP contribution in [0, 0.1) is 11.6 Å². The molecule has 2 aromatic rings. The summed E-state index contributed by atoms with van der Waals surface area (Å²) < 4.78 is 27.7. The van der Waals surface area contributed by atoms with Crippen LogP contribution in [0.25, 0.3) is 0 Å². The number of nitrogens with zero attached hydrogens (tertiary/aromatic N) is 1. The number of carbonyl (C=O) groups excluding carboxylic acids is 1. The molecule has 3 nitrogen and oxygen atoms in total. The second-order valence-electron chi connectivity index (χ2n) is 4.49. The van der Waals surface area contributed by atoms with E-state index in [-0.39, 0.29) is 11.5 Å². The zero-order chi connectivity index (χ0) is 14.9.